The fourth-order valence-electron chi connectivity index (χ4n) is 3.49. The van der Waals surface area contributed by atoms with Gasteiger partial charge in [-0.05, 0) is 50.5 Å². The maximum atomic E-state index is 14.5. The second kappa shape index (κ2) is 10.3. The Morgan fingerprint density at radius 1 is 1.13 bits per heavy atom. The van der Waals surface area contributed by atoms with Crippen LogP contribution in [0.25, 0.3) is 0 Å². The average Bonchev–Trinajstić information content (AvgIpc) is 2.73. The van der Waals surface area contributed by atoms with Gasteiger partial charge in [0.25, 0.3) is 0 Å². The highest BCUT2D eigenvalue weighted by Crippen LogP contribution is 2.36. The molecular formula is C23H26FNO6. The summed E-state index contributed by atoms with van der Waals surface area (Å²) < 4.78 is 26.1. The van der Waals surface area contributed by atoms with E-state index in [1.54, 1.807) is 18.2 Å². The Balaban J connectivity index is 1.69. The van der Waals surface area contributed by atoms with Crippen molar-refractivity contribution in [2.45, 2.75) is 57.3 Å². The van der Waals surface area contributed by atoms with Gasteiger partial charge in [-0.2, -0.15) is 0 Å². The van der Waals surface area contributed by atoms with Gasteiger partial charge in [-0.3, -0.25) is 9.59 Å². The molecule has 7 nitrogen and oxygen atoms in total. The smallest absolute Gasteiger partial charge is 0.303 e. The summed E-state index contributed by atoms with van der Waals surface area (Å²) in [6.07, 6.45) is -0.424. The molecule has 2 aromatic rings. The van der Waals surface area contributed by atoms with Crippen molar-refractivity contribution in [1.29, 1.82) is 0 Å². The molecule has 3 atom stereocenters. The first-order chi connectivity index (χ1) is 14.8. The van der Waals surface area contributed by atoms with Gasteiger partial charge in [-0.15, -0.1) is 0 Å². The predicted octanol–water partition coefficient (Wildman–Crippen LogP) is 3.57. The van der Waals surface area contributed by atoms with Gasteiger partial charge in [0.05, 0.1) is 12.5 Å². The molecule has 0 bridgehead atoms. The van der Waals surface area contributed by atoms with Crippen molar-refractivity contribution in [2.24, 2.45) is 0 Å². The van der Waals surface area contributed by atoms with E-state index < -0.39 is 35.9 Å². The summed E-state index contributed by atoms with van der Waals surface area (Å²) in [6.45, 7) is 1.93. The average molecular weight is 431 g/mol. The Morgan fingerprint density at radius 2 is 1.87 bits per heavy atom. The molecule has 0 radical (unpaired) electrons. The van der Waals surface area contributed by atoms with Gasteiger partial charge in [0.2, 0.25) is 11.7 Å². The summed E-state index contributed by atoms with van der Waals surface area (Å²) in [5, 5.41) is 22.1. The van der Waals surface area contributed by atoms with Crippen molar-refractivity contribution >= 4 is 11.9 Å². The number of hydrogen-bond acceptors (Lipinski definition) is 5. The fourth-order valence-corrected chi connectivity index (χ4v) is 3.49. The van der Waals surface area contributed by atoms with E-state index in [0.29, 0.717) is 25.0 Å². The van der Waals surface area contributed by atoms with Crippen LogP contribution in [0.5, 0.6) is 17.2 Å². The van der Waals surface area contributed by atoms with Crippen LogP contribution in [0, 0.1) is 12.7 Å². The highest BCUT2D eigenvalue weighted by atomic mass is 19.1. The number of carbonyl (C=O) groups is 2. The Kier molecular flexibility index (Phi) is 7.46. The Morgan fingerprint density at radius 3 is 2.58 bits per heavy atom. The third kappa shape index (κ3) is 6.18. The van der Waals surface area contributed by atoms with Crippen LogP contribution in [0.4, 0.5) is 4.39 Å². The zero-order chi connectivity index (χ0) is 22.4. The number of aryl methyl sites for hydroxylation is 1. The van der Waals surface area contributed by atoms with Crippen molar-refractivity contribution < 1.29 is 33.7 Å². The molecular weight excluding hydrogens is 405 g/mol. The van der Waals surface area contributed by atoms with Crippen LogP contribution in [0.1, 0.15) is 37.7 Å². The number of carbonyl (C=O) groups excluding carboxylic acids is 1. The normalized spacial score (nSPS) is 20.7. The highest BCUT2D eigenvalue weighted by Gasteiger charge is 2.35. The Hall–Kier alpha value is -3.13. The molecule has 1 aliphatic carbocycles. The lowest BCUT2D eigenvalue weighted by atomic mass is 9.89. The van der Waals surface area contributed by atoms with Gasteiger partial charge in [-0.1, -0.05) is 23.8 Å². The second-order valence-corrected chi connectivity index (χ2v) is 7.63. The number of halogens is 1. The molecule has 31 heavy (non-hydrogen) atoms. The molecule has 2 aromatic carbocycles. The monoisotopic (exact) mass is 431 g/mol. The molecule has 1 saturated carbocycles. The van der Waals surface area contributed by atoms with Gasteiger partial charge >= 0.3 is 5.97 Å². The number of amides is 1. The van der Waals surface area contributed by atoms with E-state index in [-0.39, 0.29) is 24.3 Å². The largest absolute Gasteiger partial charge is 0.484 e. The van der Waals surface area contributed by atoms with Crippen molar-refractivity contribution in [3.63, 3.8) is 0 Å². The molecule has 8 heteroatoms. The third-order valence-corrected chi connectivity index (χ3v) is 5.16. The van der Waals surface area contributed by atoms with Gasteiger partial charge < -0.3 is 25.0 Å². The van der Waals surface area contributed by atoms with E-state index in [1.165, 1.54) is 12.1 Å². The van der Waals surface area contributed by atoms with Crippen molar-refractivity contribution in [3.8, 4) is 17.2 Å². The fraction of sp³-hybridized carbons (Fsp3) is 0.391. The summed E-state index contributed by atoms with van der Waals surface area (Å²) in [7, 11) is 0. The summed E-state index contributed by atoms with van der Waals surface area (Å²) in [4.78, 5) is 22.6. The van der Waals surface area contributed by atoms with Crippen LogP contribution in [-0.2, 0) is 9.59 Å². The van der Waals surface area contributed by atoms with Gasteiger partial charge in [0, 0.05) is 6.42 Å². The summed E-state index contributed by atoms with van der Waals surface area (Å²) in [5.74, 6) is -1.57. The minimum atomic E-state index is -1.06. The number of rotatable bonds is 8. The predicted molar refractivity (Wildman–Crippen MR) is 111 cm³/mol. The molecule has 0 aliphatic heterocycles. The highest BCUT2D eigenvalue weighted by molar-refractivity contribution is 5.80. The first kappa shape index (κ1) is 22.6. The van der Waals surface area contributed by atoms with Crippen molar-refractivity contribution in [2.75, 3.05) is 0 Å². The number of carboxylic acids is 1. The molecule has 166 valence electrons. The summed E-state index contributed by atoms with van der Waals surface area (Å²) >= 11 is 0. The molecule has 0 spiro atoms. The van der Waals surface area contributed by atoms with Crippen LogP contribution in [0.15, 0.2) is 42.5 Å². The van der Waals surface area contributed by atoms with Gasteiger partial charge in [0.15, 0.2) is 11.6 Å². The van der Waals surface area contributed by atoms with Crippen molar-refractivity contribution in [3.05, 3.63) is 53.8 Å². The Bertz CT molecular complexity index is 917. The maximum absolute atomic E-state index is 14.5. The van der Waals surface area contributed by atoms with Crippen LogP contribution in [0.3, 0.4) is 0 Å². The number of nitrogens with one attached hydrogen (secondary N) is 1. The van der Waals surface area contributed by atoms with Crippen molar-refractivity contribution in [1.82, 2.24) is 5.32 Å². The summed E-state index contributed by atoms with van der Waals surface area (Å²) in [5.41, 5.74) is 1.04. The Labute approximate surface area is 179 Å². The zero-order valence-electron chi connectivity index (χ0n) is 17.2. The number of para-hydroxylation sites is 1. The molecule has 0 heterocycles. The number of aliphatic hydroxyl groups is 1. The SMILES string of the molecule is Cc1ccc(Oc2c(F)cccc2O[C@@H]2CCC[C@@H](NC(=O)CCC(=O)O)[C@H]2O)cc1. The molecule has 1 aliphatic rings. The lowest BCUT2D eigenvalue weighted by molar-refractivity contribution is -0.139. The van der Waals surface area contributed by atoms with Crippen LogP contribution in [-0.4, -0.2) is 40.3 Å². The van der Waals surface area contributed by atoms with Crippen LogP contribution < -0.4 is 14.8 Å². The molecule has 0 saturated heterocycles. The molecule has 0 aromatic heterocycles. The lowest BCUT2D eigenvalue weighted by Gasteiger charge is -2.35. The first-order valence-electron chi connectivity index (χ1n) is 10.2. The van der Waals surface area contributed by atoms with E-state index in [0.717, 1.165) is 5.56 Å². The molecule has 1 fully saturated rings. The number of aliphatic carboxylic acids is 1. The second-order valence-electron chi connectivity index (χ2n) is 7.63. The topological polar surface area (TPSA) is 105 Å². The van der Waals surface area contributed by atoms with Gasteiger partial charge in [0.1, 0.15) is 18.0 Å². The number of carboxylic acid groups (broad SMARTS) is 1. The molecule has 3 rings (SSSR count). The zero-order valence-corrected chi connectivity index (χ0v) is 17.2. The summed E-state index contributed by atoms with van der Waals surface area (Å²) in [6, 6.07) is 10.9. The lowest BCUT2D eigenvalue weighted by Crippen LogP contribution is -2.52. The minimum absolute atomic E-state index is 0.0776. The van der Waals surface area contributed by atoms with E-state index >= 15 is 0 Å². The quantitative estimate of drug-likeness (QED) is 0.590. The number of hydrogen-bond donors (Lipinski definition) is 3. The van der Waals surface area contributed by atoms with E-state index in [9.17, 15) is 19.1 Å². The van der Waals surface area contributed by atoms with Gasteiger partial charge in [-0.25, -0.2) is 4.39 Å². The number of aliphatic hydroxyl groups excluding tert-OH is 1. The van der Waals surface area contributed by atoms with E-state index in [1.807, 2.05) is 19.1 Å². The maximum Gasteiger partial charge on any atom is 0.303 e. The molecule has 3 N–H and O–H groups in total. The minimum Gasteiger partial charge on any atom is -0.484 e. The first-order valence-corrected chi connectivity index (χ1v) is 10.2. The molecule has 0 unspecified atom stereocenters. The van der Waals surface area contributed by atoms with Crippen LogP contribution in [0.2, 0.25) is 0 Å². The standard InChI is InChI=1S/C23H26FNO6/c1-14-8-10-15(11-9-14)30-23-16(24)4-2-7-19(23)31-18-6-3-5-17(22(18)29)25-20(26)12-13-21(27)28/h2,4,7-11,17-18,22,29H,3,5-6,12-13H2,1H3,(H,25,26)(H,27,28)/t17-,18-,22-/m1/s1. The third-order valence-electron chi connectivity index (χ3n) is 5.16. The van der Waals surface area contributed by atoms with E-state index in [4.69, 9.17) is 14.6 Å². The molecule has 1 amide bonds. The van der Waals surface area contributed by atoms with Crippen LogP contribution >= 0.6 is 0 Å². The number of ether oxygens (including phenoxy) is 2. The van der Waals surface area contributed by atoms with E-state index in [2.05, 4.69) is 5.32 Å². The number of benzene rings is 2.